The van der Waals surface area contributed by atoms with Gasteiger partial charge in [0.05, 0.1) is 0 Å². The fraction of sp³-hybridized carbons (Fsp3) is 1.00. The molecule has 0 bridgehead atoms. The van der Waals surface area contributed by atoms with Gasteiger partial charge in [-0.1, -0.05) is 0 Å². The third-order valence-corrected chi connectivity index (χ3v) is 3.83. The molecule has 1 aliphatic heterocycles. The molecular formula is C14H30N2O2. The van der Waals surface area contributed by atoms with Crippen molar-refractivity contribution in [2.45, 2.75) is 51.6 Å². The Morgan fingerprint density at radius 2 is 1.89 bits per heavy atom. The van der Waals surface area contributed by atoms with Gasteiger partial charge in [-0.2, -0.15) is 0 Å². The molecule has 0 spiro atoms. The predicted molar refractivity (Wildman–Crippen MR) is 74.6 cm³/mol. The SMILES string of the molecule is CC(C)N1CC(CCCO)CC(NCCCO)C1. The molecule has 2 atom stereocenters. The zero-order chi connectivity index (χ0) is 13.4. The quantitative estimate of drug-likeness (QED) is 0.565. The van der Waals surface area contributed by atoms with Crippen molar-refractivity contribution in [2.75, 3.05) is 32.8 Å². The molecule has 0 aromatic rings. The summed E-state index contributed by atoms with van der Waals surface area (Å²) in [6, 6.07) is 1.13. The van der Waals surface area contributed by atoms with Gasteiger partial charge in [-0.3, -0.25) is 4.90 Å². The zero-order valence-electron chi connectivity index (χ0n) is 11.9. The third-order valence-electron chi connectivity index (χ3n) is 3.83. The summed E-state index contributed by atoms with van der Waals surface area (Å²) in [6.07, 6.45) is 4.08. The number of rotatable bonds is 8. The molecule has 0 aliphatic carbocycles. The second-order valence-electron chi connectivity index (χ2n) is 5.74. The first kappa shape index (κ1) is 15.9. The molecule has 0 amide bonds. The smallest absolute Gasteiger partial charge is 0.0443 e. The Bertz CT molecular complexity index is 212. The molecule has 0 aromatic heterocycles. The van der Waals surface area contributed by atoms with E-state index in [4.69, 9.17) is 10.2 Å². The summed E-state index contributed by atoms with van der Waals surface area (Å²) in [5.41, 5.74) is 0. The van der Waals surface area contributed by atoms with Crippen molar-refractivity contribution < 1.29 is 10.2 Å². The van der Waals surface area contributed by atoms with Crippen LogP contribution in [0, 0.1) is 5.92 Å². The summed E-state index contributed by atoms with van der Waals surface area (Å²) in [5, 5.41) is 21.3. The number of likely N-dealkylation sites (tertiary alicyclic amines) is 1. The van der Waals surface area contributed by atoms with Crippen molar-refractivity contribution in [3.8, 4) is 0 Å². The lowest BCUT2D eigenvalue weighted by Crippen LogP contribution is -2.51. The summed E-state index contributed by atoms with van der Waals surface area (Å²) < 4.78 is 0. The van der Waals surface area contributed by atoms with Crippen molar-refractivity contribution in [3.63, 3.8) is 0 Å². The van der Waals surface area contributed by atoms with Crippen LogP contribution in [-0.2, 0) is 0 Å². The Balaban J connectivity index is 2.40. The number of nitrogens with one attached hydrogen (secondary N) is 1. The summed E-state index contributed by atoms with van der Waals surface area (Å²) >= 11 is 0. The van der Waals surface area contributed by atoms with Gasteiger partial charge in [0.1, 0.15) is 0 Å². The molecule has 1 rings (SSSR count). The Hall–Kier alpha value is -0.160. The average Bonchev–Trinajstić information content (AvgIpc) is 2.36. The van der Waals surface area contributed by atoms with E-state index in [0.717, 1.165) is 38.9 Å². The van der Waals surface area contributed by atoms with E-state index < -0.39 is 0 Å². The topological polar surface area (TPSA) is 55.7 Å². The molecule has 18 heavy (non-hydrogen) atoms. The second kappa shape index (κ2) is 8.86. The maximum absolute atomic E-state index is 8.95. The summed E-state index contributed by atoms with van der Waals surface area (Å²) in [5.74, 6) is 0.694. The molecule has 0 aromatic carbocycles. The molecule has 4 heteroatoms. The van der Waals surface area contributed by atoms with E-state index in [-0.39, 0.29) is 6.61 Å². The molecule has 0 saturated carbocycles. The Morgan fingerprint density at radius 1 is 1.17 bits per heavy atom. The first-order chi connectivity index (χ1) is 8.67. The number of aliphatic hydroxyl groups is 2. The van der Waals surface area contributed by atoms with Crippen LogP contribution < -0.4 is 5.32 Å². The van der Waals surface area contributed by atoms with Crippen molar-refractivity contribution in [1.82, 2.24) is 10.2 Å². The zero-order valence-corrected chi connectivity index (χ0v) is 11.9. The number of nitrogens with zero attached hydrogens (tertiary/aromatic N) is 1. The van der Waals surface area contributed by atoms with Gasteiger partial charge in [0.15, 0.2) is 0 Å². The highest BCUT2D eigenvalue weighted by Gasteiger charge is 2.27. The second-order valence-corrected chi connectivity index (χ2v) is 5.74. The van der Waals surface area contributed by atoms with Crippen molar-refractivity contribution in [3.05, 3.63) is 0 Å². The molecule has 1 heterocycles. The van der Waals surface area contributed by atoms with Crippen LogP contribution in [0.4, 0.5) is 0 Å². The van der Waals surface area contributed by atoms with Gasteiger partial charge < -0.3 is 15.5 Å². The van der Waals surface area contributed by atoms with Crippen LogP contribution in [0.25, 0.3) is 0 Å². The lowest BCUT2D eigenvalue weighted by atomic mass is 9.89. The molecule has 3 N–H and O–H groups in total. The van der Waals surface area contributed by atoms with E-state index >= 15 is 0 Å². The minimum Gasteiger partial charge on any atom is -0.396 e. The summed E-state index contributed by atoms with van der Waals surface area (Å²) in [4.78, 5) is 2.53. The van der Waals surface area contributed by atoms with Gasteiger partial charge in [-0.05, 0) is 52.0 Å². The van der Waals surface area contributed by atoms with Gasteiger partial charge in [0.25, 0.3) is 0 Å². The maximum atomic E-state index is 8.95. The standard InChI is InChI=1S/C14H30N2O2/c1-12(2)16-10-13(5-3-7-17)9-14(11-16)15-6-4-8-18/h12-15,17-18H,3-11H2,1-2H3. The minimum atomic E-state index is 0.265. The predicted octanol–water partition coefficient (Wildman–Crippen LogP) is 0.830. The van der Waals surface area contributed by atoms with Crippen molar-refractivity contribution in [2.24, 2.45) is 5.92 Å². The van der Waals surface area contributed by atoms with E-state index in [1.165, 1.54) is 6.42 Å². The molecule has 108 valence electrons. The van der Waals surface area contributed by atoms with E-state index in [1.807, 2.05) is 0 Å². The van der Waals surface area contributed by atoms with Crippen LogP contribution in [0.3, 0.4) is 0 Å². The van der Waals surface area contributed by atoms with E-state index in [2.05, 4.69) is 24.1 Å². The van der Waals surface area contributed by atoms with Crippen LogP contribution in [-0.4, -0.2) is 60.0 Å². The molecule has 1 fully saturated rings. The highest BCUT2D eigenvalue weighted by atomic mass is 16.3. The van der Waals surface area contributed by atoms with Crippen molar-refractivity contribution in [1.29, 1.82) is 0 Å². The Kier molecular flexibility index (Phi) is 7.82. The first-order valence-electron chi connectivity index (χ1n) is 7.36. The normalized spacial score (nSPS) is 25.8. The van der Waals surface area contributed by atoms with Crippen LogP contribution in [0.2, 0.25) is 0 Å². The maximum Gasteiger partial charge on any atom is 0.0443 e. The fourth-order valence-corrected chi connectivity index (χ4v) is 2.78. The molecule has 4 nitrogen and oxygen atoms in total. The lowest BCUT2D eigenvalue weighted by molar-refractivity contribution is 0.102. The minimum absolute atomic E-state index is 0.265. The van der Waals surface area contributed by atoms with Gasteiger partial charge in [-0.15, -0.1) is 0 Å². The summed E-state index contributed by atoms with van der Waals surface area (Å²) in [7, 11) is 0. The molecule has 0 radical (unpaired) electrons. The number of hydrogen-bond acceptors (Lipinski definition) is 4. The Morgan fingerprint density at radius 3 is 2.50 bits per heavy atom. The van der Waals surface area contributed by atoms with Crippen LogP contribution >= 0.6 is 0 Å². The largest absolute Gasteiger partial charge is 0.396 e. The van der Waals surface area contributed by atoms with Gasteiger partial charge >= 0.3 is 0 Å². The molecule has 1 saturated heterocycles. The number of piperidine rings is 1. The molecule has 2 unspecified atom stereocenters. The van der Waals surface area contributed by atoms with E-state index in [0.29, 0.717) is 24.6 Å². The van der Waals surface area contributed by atoms with Crippen molar-refractivity contribution >= 4 is 0 Å². The highest BCUT2D eigenvalue weighted by Crippen LogP contribution is 2.22. The van der Waals surface area contributed by atoms with Crippen LogP contribution in [0.5, 0.6) is 0 Å². The Labute approximate surface area is 111 Å². The van der Waals surface area contributed by atoms with Crippen LogP contribution in [0.15, 0.2) is 0 Å². The monoisotopic (exact) mass is 258 g/mol. The summed E-state index contributed by atoms with van der Waals surface area (Å²) in [6.45, 7) is 8.25. The van der Waals surface area contributed by atoms with Gasteiger partial charge in [0, 0.05) is 38.4 Å². The lowest BCUT2D eigenvalue weighted by Gasteiger charge is -2.40. The highest BCUT2D eigenvalue weighted by molar-refractivity contribution is 4.84. The average molecular weight is 258 g/mol. The fourth-order valence-electron chi connectivity index (χ4n) is 2.78. The first-order valence-corrected chi connectivity index (χ1v) is 7.36. The third kappa shape index (κ3) is 5.65. The van der Waals surface area contributed by atoms with Gasteiger partial charge in [0.2, 0.25) is 0 Å². The van der Waals surface area contributed by atoms with E-state index in [9.17, 15) is 0 Å². The molecular weight excluding hydrogens is 228 g/mol. The van der Waals surface area contributed by atoms with Gasteiger partial charge in [-0.25, -0.2) is 0 Å². The number of hydrogen-bond donors (Lipinski definition) is 3. The number of aliphatic hydroxyl groups excluding tert-OH is 2. The van der Waals surface area contributed by atoms with Crippen LogP contribution in [0.1, 0.15) is 39.5 Å². The molecule has 1 aliphatic rings. The van der Waals surface area contributed by atoms with E-state index in [1.54, 1.807) is 0 Å².